The number of rotatable bonds is 4. The Morgan fingerprint density at radius 1 is 1.40 bits per heavy atom. The molecule has 0 unspecified atom stereocenters. The fourth-order valence-corrected chi connectivity index (χ4v) is 1.00. The second kappa shape index (κ2) is 5.58. The summed E-state index contributed by atoms with van der Waals surface area (Å²) in [7, 11) is 0. The molecule has 0 aromatic rings. The Labute approximate surface area is 89.8 Å². The number of carbonyl (C=O) groups is 2. The normalized spacial score (nSPS) is 13.1. The van der Waals surface area contributed by atoms with Crippen molar-refractivity contribution in [1.29, 1.82) is 0 Å². The van der Waals surface area contributed by atoms with Crippen LogP contribution in [0.2, 0.25) is 0 Å². The highest BCUT2D eigenvalue weighted by Gasteiger charge is 2.32. The van der Waals surface area contributed by atoms with E-state index in [4.69, 9.17) is 9.84 Å². The lowest BCUT2D eigenvalue weighted by Crippen LogP contribution is -2.49. The molecule has 15 heavy (non-hydrogen) atoms. The Hall–Kier alpha value is -1.26. The van der Waals surface area contributed by atoms with E-state index in [2.05, 4.69) is 5.32 Å². The molecule has 0 aliphatic carbocycles. The fraction of sp³-hybridized carbons (Fsp3) is 0.800. The summed E-state index contributed by atoms with van der Waals surface area (Å²) in [4.78, 5) is 22.1. The minimum absolute atomic E-state index is 0.294. The van der Waals surface area contributed by atoms with Gasteiger partial charge in [-0.25, -0.2) is 9.59 Å². The number of hydrogen-bond donors (Lipinski definition) is 2. The van der Waals surface area contributed by atoms with E-state index >= 15 is 0 Å². The average molecular weight is 217 g/mol. The van der Waals surface area contributed by atoms with Crippen molar-refractivity contribution in [2.45, 2.75) is 40.2 Å². The van der Waals surface area contributed by atoms with E-state index in [1.54, 1.807) is 20.8 Å². The maximum absolute atomic E-state index is 11.2. The van der Waals surface area contributed by atoms with Crippen LogP contribution in [0, 0.1) is 5.41 Å². The summed E-state index contributed by atoms with van der Waals surface area (Å²) in [5, 5.41) is 11.2. The molecule has 1 amide bonds. The first kappa shape index (κ1) is 13.7. The van der Waals surface area contributed by atoms with Gasteiger partial charge in [0.15, 0.2) is 0 Å². The van der Waals surface area contributed by atoms with E-state index in [1.807, 2.05) is 6.92 Å². The molecule has 0 aliphatic rings. The highest BCUT2D eigenvalue weighted by Crippen LogP contribution is 2.19. The summed E-state index contributed by atoms with van der Waals surface area (Å²) in [6.45, 7) is 7.39. The number of carboxylic acid groups (broad SMARTS) is 1. The van der Waals surface area contributed by atoms with Crippen molar-refractivity contribution in [3.05, 3.63) is 0 Å². The third-order valence-electron chi connectivity index (χ3n) is 1.81. The van der Waals surface area contributed by atoms with Gasteiger partial charge >= 0.3 is 12.1 Å². The van der Waals surface area contributed by atoms with Crippen LogP contribution in [-0.2, 0) is 9.53 Å². The minimum Gasteiger partial charge on any atom is -0.480 e. The lowest BCUT2D eigenvalue weighted by atomic mass is 9.87. The lowest BCUT2D eigenvalue weighted by molar-refractivity contribution is -0.142. The maximum atomic E-state index is 11.2. The van der Waals surface area contributed by atoms with Crippen molar-refractivity contribution < 1.29 is 19.4 Å². The molecule has 0 aliphatic heterocycles. The summed E-state index contributed by atoms with van der Waals surface area (Å²) >= 11 is 0. The molecule has 88 valence electrons. The van der Waals surface area contributed by atoms with Gasteiger partial charge in [-0.1, -0.05) is 27.7 Å². The van der Waals surface area contributed by atoms with Crippen molar-refractivity contribution in [2.75, 3.05) is 6.61 Å². The number of hydrogen-bond acceptors (Lipinski definition) is 3. The SMILES string of the molecule is CCCOC(=O)N[C@H](C(=O)O)C(C)(C)C. The van der Waals surface area contributed by atoms with Crippen LogP contribution in [0.1, 0.15) is 34.1 Å². The maximum Gasteiger partial charge on any atom is 0.407 e. The first-order valence-electron chi connectivity index (χ1n) is 4.95. The van der Waals surface area contributed by atoms with E-state index in [1.165, 1.54) is 0 Å². The molecule has 5 heteroatoms. The van der Waals surface area contributed by atoms with E-state index in [0.29, 0.717) is 13.0 Å². The molecule has 1 atom stereocenters. The van der Waals surface area contributed by atoms with Crippen LogP contribution < -0.4 is 5.32 Å². The highest BCUT2D eigenvalue weighted by molar-refractivity contribution is 5.80. The third kappa shape index (κ3) is 5.24. The molecule has 2 N–H and O–H groups in total. The molecule has 0 radical (unpaired) electrons. The van der Waals surface area contributed by atoms with E-state index in [9.17, 15) is 9.59 Å². The fourth-order valence-electron chi connectivity index (χ4n) is 1.00. The van der Waals surface area contributed by atoms with Crippen LogP contribution in [0.15, 0.2) is 0 Å². The molecule has 0 saturated heterocycles. The zero-order valence-corrected chi connectivity index (χ0v) is 9.66. The van der Waals surface area contributed by atoms with Gasteiger partial charge in [0.2, 0.25) is 0 Å². The lowest BCUT2D eigenvalue weighted by Gasteiger charge is -2.27. The van der Waals surface area contributed by atoms with Crippen LogP contribution in [0.25, 0.3) is 0 Å². The van der Waals surface area contributed by atoms with Gasteiger partial charge in [0.1, 0.15) is 6.04 Å². The Bertz CT molecular complexity index is 232. The van der Waals surface area contributed by atoms with Crippen molar-refractivity contribution in [3.63, 3.8) is 0 Å². The zero-order valence-electron chi connectivity index (χ0n) is 9.66. The quantitative estimate of drug-likeness (QED) is 0.750. The summed E-state index contributed by atoms with van der Waals surface area (Å²) in [6, 6.07) is -0.943. The summed E-state index contributed by atoms with van der Waals surface area (Å²) in [6.07, 6.45) is 0.0277. The van der Waals surface area contributed by atoms with Crippen molar-refractivity contribution >= 4 is 12.1 Å². The number of carbonyl (C=O) groups excluding carboxylic acids is 1. The number of carboxylic acids is 1. The molecule has 0 bridgehead atoms. The molecule has 0 spiro atoms. The Morgan fingerprint density at radius 2 is 1.93 bits per heavy atom. The molecular weight excluding hydrogens is 198 g/mol. The van der Waals surface area contributed by atoms with Crippen molar-refractivity contribution in [1.82, 2.24) is 5.32 Å². The van der Waals surface area contributed by atoms with Crippen LogP contribution in [0.3, 0.4) is 0 Å². The second-order valence-electron chi connectivity index (χ2n) is 4.42. The van der Waals surface area contributed by atoms with Gasteiger partial charge in [0.05, 0.1) is 6.61 Å². The molecular formula is C10H19NO4. The number of ether oxygens (including phenoxy) is 1. The van der Waals surface area contributed by atoms with Gasteiger partial charge in [-0.05, 0) is 11.8 Å². The molecule has 0 saturated carbocycles. The van der Waals surface area contributed by atoms with Crippen LogP contribution >= 0.6 is 0 Å². The molecule has 0 aromatic carbocycles. The largest absolute Gasteiger partial charge is 0.480 e. The molecule has 0 rings (SSSR count). The van der Waals surface area contributed by atoms with Crippen LogP contribution in [0.4, 0.5) is 4.79 Å². The van der Waals surface area contributed by atoms with E-state index in [-0.39, 0.29) is 0 Å². The zero-order chi connectivity index (χ0) is 12.1. The predicted molar refractivity (Wildman–Crippen MR) is 55.7 cm³/mol. The van der Waals surface area contributed by atoms with Gasteiger partial charge < -0.3 is 15.2 Å². The Morgan fingerprint density at radius 3 is 2.27 bits per heavy atom. The molecule has 0 heterocycles. The number of amides is 1. The first-order valence-corrected chi connectivity index (χ1v) is 4.95. The van der Waals surface area contributed by atoms with Gasteiger partial charge in [-0.2, -0.15) is 0 Å². The molecule has 0 fully saturated rings. The van der Waals surface area contributed by atoms with Gasteiger partial charge in [0.25, 0.3) is 0 Å². The second-order valence-corrected chi connectivity index (χ2v) is 4.42. The van der Waals surface area contributed by atoms with Crippen LogP contribution in [0.5, 0.6) is 0 Å². The number of alkyl carbamates (subject to hydrolysis) is 1. The first-order chi connectivity index (χ1) is 6.79. The summed E-state index contributed by atoms with van der Waals surface area (Å²) in [5.41, 5.74) is -0.545. The predicted octanol–water partition coefficient (Wildman–Crippen LogP) is 1.62. The standard InChI is InChI=1S/C10H19NO4/c1-5-6-15-9(14)11-7(8(12)13)10(2,3)4/h7H,5-6H2,1-4H3,(H,11,14)(H,12,13)/t7-/m1/s1. The number of aliphatic carboxylic acids is 1. The third-order valence-corrected chi connectivity index (χ3v) is 1.81. The van der Waals surface area contributed by atoms with Gasteiger partial charge in [0, 0.05) is 0 Å². The summed E-state index contributed by atoms with van der Waals surface area (Å²) in [5.74, 6) is -1.06. The smallest absolute Gasteiger partial charge is 0.407 e. The molecule has 5 nitrogen and oxygen atoms in total. The average Bonchev–Trinajstić information content (AvgIpc) is 2.08. The van der Waals surface area contributed by atoms with Gasteiger partial charge in [-0.3, -0.25) is 0 Å². The Balaban J connectivity index is 4.31. The molecule has 0 aromatic heterocycles. The van der Waals surface area contributed by atoms with Crippen molar-refractivity contribution in [3.8, 4) is 0 Å². The summed E-state index contributed by atoms with van der Waals surface area (Å²) < 4.78 is 4.75. The van der Waals surface area contributed by atoms with Crippen molar-refractivity contribution in [2.24, 2.45) is 5.41 Å². The van der Waals surface area contributed by atoms with E-state index in [0.717, 1.165) is 0 Å². The Kier molecular flexibility index (Phi) is 5.11. The highest BCUT2D eigenvalue weighted by atomic mass is 16.5. The van der Waals surface area contributed by atoms with Crippen LogP contribution in [-0.4, -0.2) is 29.8 Å². The van der Waals surface area contributed by atoms with E-state index < -0.39 is 23.5 Å². The topological polar surface area (TPSA) is 75.6 Å². The number of nitrogens with one attached hydrogen (secondary N) is 1. The van der Waals surface area contributed by atoms with Gasteiger partial charge in [-0.15, -0.1) is 0 Å². The monoisotopic (exact) mass is 217 g/mol. The minimum atomic E-state index is -1.06.